The van der Waals surface area contributed by atoms with Crippen LogP contribution in [0.4, 0.5) is 0 Å². The van der Waals surface area contributed by atoms with Crippen LogP contribution in [0.3, 0.4) is 0 Å². The van der Waals surface area contributed by atoms with E-state index < -0.39 is 0 Å². The molecule has 1 aromatic rings. The van der Waals surface area contributed by atoms with E-state index in [0.29, 0.717) is 18.4 Å². The van der Waals surface area contributed by atoms with Crippen LogP contribution in [-0.2, 0) is 18.9 Å². The number of hydrogen-bond acceptors (Lipinski definition) is 7. The van der Waals surface area contributed by atoms with Crippen molar-refractivity contribution in [1.82, 2.24) is 0 Å². The summed E-state index contributed by atoms with van der Waals surface area (Å²) in [5, 5.41) is 0. The van der Waals surface area contributed by atoms with Gasteiger partial charge in [0.2, 0.25) is 0 Å². The van der Waals surface area contributed by atoms with Crippen molar-refractivity contribution in [1.29, 1.82) is 0 Å². The molecule has 35 heavy (non-hydrogen) atoms. The van der Waals surface area contributed by atoms with Crippen LogP contribution in [-0.4, -0.2) is 54.2 Å². The summed E-state index contributed by atoms with van der Waals surface area (Å²) in [5.41, 5.74) is 6.78. The number of nitrogens with two attached hydrogens (primary N) is 1. The highest BCUT2D eigenvalue weighted by atomic mass is 16.7. The molecule has 0 saturated carbocycles. The molecule has 0 fully saturated rings. The van der Waals surface area contributed by atoms with Gasteiger partial charge in [-0.05, 0) is 74.3 Å². The second-order valence-electron chi connectivity index (χ2n) is 9.56. The monoisotopic (exact) mass is 489 g/mol. The molecule has 1 aliphatic heterocycles. The fourth-order valence-corrected chi connectivity index (χ4v) is 5.01. The van der Waals surface area contributed by atoms with Gasteiger partial charge in [-0.25, -0.2) is 0 Å². The summed E-state index contributed by atoms with van der Waals surface area (Å²) in [7, 11) is 3.26. The predicted octanol–water partition coefficient (Wildman–Crippen LogP) is 5.16. The zero-order chi connectivity index (χ0) is 24.9. The van der Waals surface area contributed by atoms with E-state index in [2.05, 4.69) is 31.2 Å². The van der Waals surface area contributed by atoms with Crippen molar-refractivity contribution >= 4 is 0 Å². The number of ether oxygens (including phenoxy) is 6. The Morgan fingerprint density at radius 2 is 1.80 bits per heavy atom. The minimum Gasteiger partial charge on any atom is -0.493 e. The van der Waals surface area contributed by atoms with E-state index in [1.807, 2.05) is 12.1 Å². The van der Waals surface area contributed by atoms with Crippen molar-refractivity contribution in [3.05, 3.63) is 47.7 Å². The number of allylic oxidation sites excluding steroid dienone is 3. The summed E-state index contributed by atoms with van der Waals surface area (Å²) in [5.74, 6) is 3.27. The van der Waals surface area contributed by atoms with E-state index in [0.717, 1.165) is 75.5 Å². The van der Waals surface area contributed by atoms with Crippen LogP contribution in [0.15, 0.2) is 42.2 Å². The summed E-state index contributed by atoms with van der Waals surface area (Å²) in [6, 6.07) is 6.18. The molecule has 0 radical (unpaired) electrons. The zero-order valence-corrected chi connectivity index (χ0v) is 21.6. The van der Waals surface area contributed by atoms with Crippen LogP contribution in [0.2, 0.25) is 0 Å². The first-order chi connectivity index (χ1) is 17.1. The quantitative estimate of drug-likeness (QED) is 0.254. The Hall–Kier alpha value is -2.06. The van der Waals surface area contributed by atoms with E-state index in [4.69, 9.17) is 34.2 Å². The third-order valence-corrected chi connectivity index (χ3v) is 7.07. The molecule has 0 bridgehead atoms. The Morgan fingerprint density at radius 1 is 1.03 bits per heavy atom. The summed E-state index contributed by atoms with van der Waals surface area (Å²) < 4.78 is 33.5. The van der Waals surface area contributed by atoms with Gasteiger partial charge in [0.15, 0.2) is 13.6 Å². The first kappa shape index (κ1) is 27.5. The van der Waals surface area contributed by atoms with Crippen LogP contribution >= 0.6 is 0 Å². The maximum Gasteiger partial charge on any atom is 0.188 e. The molecular weight excluding hydrogens is 446 g/mol. The molecule has 1 aromatic carbocycles. The minimum atomic E-state index is -0.0380. The molecule has 1 heterocycles. The average molecular weight is 490 g/mol. The van der Waals surface area contributed by atoms with Gasteiger partial charge in [-0.1, -0.05) is 25.5 Å². The van der Waals surface area contributed by atoms with Gasteiger partial charge in [0.1, 0.15) is 17.3 Å². The number of hydrogen-bond donors (Lipinski definition) is 1. The van der Waals surface area contributed by atoms with Gasteiger partial charge in [-0.2, -0.15) is 0 Å². The van der Waals surface area contributed by atoms with Crippen molar-refractivity contribution in [2.45, 2.75) is 51.4 Å². The summed E-state index contributed by atoms with van der Waals surface area (Å²) in [6.45, 7) is 5.83. The minimum absolute atomic E-state index is 0.0380. The molecule has 3 rings (SSSR count). The first-order valence-electron chi connectivity index (χ1n) is 12.8. The van der Waals surface area contributed by atoms with Gasteiger partial charge in [0.05, 0.1) is 6.61 Å². The SMILES string of the molecule is COCOC1=CCC(C2(C)COc3cc(OCOC)ccc3C2CCCCOCCCCN)C=C1. The lowest BCUT2D eigenvalue weighted by atomic mass is 9.61. The maximum absolute atomic E-state index is 6.36. The van der Waals surface area contributed by atoms with Crippen LogP contribution < -0.4 is 15.2 Å². The van der Waals surface area contributed by atoms with E-state index in [1.165, 1.54) is 5.56 Å². The van der Waals surface area contributed by atoms with Gasteiger partial charge in [0.25, 0.3) is 0 Å². The van der Waals surface area contributed by atoms with Gasteiger partial charge in [-0.15, -0.1) is 0 Å². The Morgan fingerprint density at radius 3 is 2.51 bits per heavy atom. The standard InChI is InChI=1S/C28H43NO6/c1-28(22-9-11-23(12-10-22)34-20-30-2)19-33-27-18-24(35-21-31-3)13-14-25(27)26(28)8-4-6-16-32-17-7-5-15-29/h9,11-14,18,22,26H,4-8,10,15-17,19-21,29H2,1-3H3. The normalized spacial score (nSPS) is 23.4. The Bertz CT molecular complexity index is 826. The van der Waals surface area contributed by atoms with Gasteiger partial charge >= 0.3 is 0 Å². The predicted molar refractivity (Wildman–Crippen MR) is 137 cm³/mol. The molecule has 2 aliphatic rings. The average Bonchev–Trinajstić information content (AvgIpc) is 2.89. The number of fused-ring (bicyclic) bond motifs is 1. The number of methoxy groups -OCH3 is 2. The Kier molecular flexibility index (Phi) is 11.4. The lowest BCUT2D eigenvalue weighted by Gasteiger charge is -2.47. The summed E-state index contributed by atoms with van der Waals surface area (Å²) in [6.07, 6.45) is 12.7. The summed E-state index contributed by atoms with van der Waals surface area (Å²) >= 11 is 0. The van der Waals surface area contributed by atoms with Crippen molar-refractivity contribution in [2.75, 3.05) is 54.2 Å². The van der Waals surface area contributed by atoms with E-state index in [-0.39, 0.29) is 19.0 Å². The van der Waals surface area contributed by atoms with Gasteiger partial charge < -0.3 is 34.2 Å². The fraction of sp³-hybridized carbons (Fsp3) is 0.643. The van der Waals surface area contributed by atoms with Crippen molar-refractivity contribution < 1.29 is 28.4 Å². The highest BCUT2D eigenvalue weighted by molar-refractivity contribution is 5.45. The number of unbranched alkanes of at least 4 members (excludes halogenated alkanes) is 2. The smallest absolute Gasteiger partial charge is 0.188 e. The maximum atomic E-state index is 6.36. The Labute approximate surface area is 210 Å². The molecule has 0 saturated heterocycles. The Balaban J connectivity index is 1.69. The van der Waals surface area contributed by atoms with E-state index >= 15 is 0 Å². The highest BCUT2D eigenvalue weighted by Gasteiger charge is 2.45. The van der Waals surface area contributed by atoms with Gasteiger partial charge in [0, 0.05) is 38.9 Å². The topological polar surface area (TPSA) is 81.4 Å². The largest absolute Gasteiger partial charge is 0.493 e. The van der Waals surface area contributed by atoms with Crippen LogP contribution in [0, 0.1) is 11.3 Å². The molecule has 3 atom stereocenters. The molecule has 3 unspecified atom stereocenters. The van der Waals surface area contributed by atoms with Crippen LogP contribution in [0.5, 0.6) is 11.5 Å². The molecule has 0 spiro atoms. The summed E-state index contributed by atoms with van der Waals surface area (Å²) in [4.78, 5) is 0. The second kappa shape index (κ2) is 14.5. The molecule has 7 heteroatoms. The van der Waals surface area contributed by atoms with E-state index in [9.17, 15) is 0 Å². The molecule has 7 nitrogen and oxygen atoms in total. The highest BCUT2D eigenvalue weighted by Crippen LogP contribution is 2.53. The lowest BCUT2D eigenvalue weighted by molar-refractivity contribution is 0.00767. The fourth-order valence-electron chi connectivity index (χ4n) is 5.01. The molecular formula is C28H43NO6. The number of rotatable bonds is 16. The number of benzene rings is 1. The molecule has 0 amide bonds. The van der Waals surface area contributed by atoms with Crippen molar-refractivity contribution in [3.8, 4) is 11.5 Å². The third-order valence-electron chi connectivity index (χ3n) is 7.07. The first-order valence-corrected chi connectivity index (χ1v) is 12.8. The van der Waals surface area contributed by atoms with Gasteiger partial charge in [-0.3, -0.25) is 0 Å². The molecule has 1 aliphatic carbocycles. The molecule has 196 valence electrons. The lowest BCUT2D eigenvalue weighted by Crippen LogP contribution is -2.42. The van der Waals surface area contributed by atoms with Crippen molar-refractivity contribution in [2.24, 2.45) is 17.1 Å². The zero-order valence-electron chi connectivity index (χ0n) is 21.6. The third kappa shape index (κ3) is 7.71. The van der Waals surface area contributed by atoms with E-state index in [1.54, 1.807) is 14.2 Å². The van der Waals surface area contributed by atoms with Crippen LogP contribution in [0.25, 0.3) is 0 Å². The second-order valence-corrected chi connectivity index (χ2v) is 9.56. The van der Waals surface area contributed by atoms with Crippen molar-refractivity contribution in [3.63, 3.8) is 0 Å². The molecule has 2 N–H and O–H groups in total. The van der Waals surface area contributed by atoms with Crippen LogP contribution in [0.1, 0.15) is 56.9 Å². The molecule has 0 aromatic heterocycles.